The second-order valence-electron chi connectivity index (χ2n) is 2.22. The fourth-order valence-corrected chi connectivity index (χ4v) is 0.747. The van der Waals surface area contributed by atoms with Gasteiger partial charge in [-0.25, -0.2) is 0 Å². The lowest BCUT2D eigenvalue weighted by Crippen LogP contribution is -2.12. The lowest BCUT2D eigenvalue weighted by Gasteiger charge is -2.11. The summed E-state index contributed by atoms with van der Waals surface area (Å²) in [6.45, 7) is 2.17. The minimum absolute atomic E-state index is 0.119. The van der Waals surface area contributed by atoms with Crippen LogP contribution in [0.1, 0.15) is 26.2 Å². The molecule has 0 aliphatic heterocycles. The third-order valence-electron chi connectivity index (χ3n) is 1.38. The van der Waals surface area contributed by atoms with Gasteiger partial charge in [-0.05, 0) is 6.42 Å². The average molecular weight is 145 g/mol. The van der Waals surface area contributed by atoms with Gasteiger partial charge in [0.1, 0.15) is 0 Å². The van der Waals surface area contributed by atoms with E-state index < -0.39 is 0 Å². The Morgan fingerprint density at radius 3 is 2.30 bits per heavy atom. The van der Waals surface area contributed by atoms with Crippen LogP contribution in [0.4, 0.5) is 0 Å². The molecule has 1 radical (unpaired) electrons. The first-order valence-electron chi connectivity index (χ1n) is 3.74. The van der Waals surface area contributed by atoms with Crippen molar-refractivity contribution in [1.82, 2.24) is 0 Å². The predicted octanol–water partition coefficient (Wildman–Crippen LogP) is 2.00. The highest BCUT2D eigenvalue weighted by molar-refractivity contribution is 4.67. The minimum atomic E-state index is -0.119. The van der Waals surface area contributed by atoms with Gasteiger partial charge in [-0.15, -0.1) is 0 Å². The zero-order valence-electron chi connectivity index (χ0n) is 7.09. The maximum Gasteiger partial charge on any atom is 0.160 e. The Hall–Kier alpha value is -0.0800. The minimum Gasteiger partial charge on any atom is -0.356 e. The van der Waals surface area contributed by atoms with E-state index in [-0.39, 0.29) is 6.29 Å². The Labute approximate surface area is 63.5 Å². The number of hydrogen-bond acceptors (Lipinski definition) is 2. The van der Waals surface area contributed by atoms with Crippen molar-refractivity contribution in [2.45, 2.75) is 32.5 Å². The lowest BCUT2D eigenvalue weighted by molar-refractivity contribution is -0.0798. The van der Waals surface area contributed by atoms with Crippen molar-refractivity contribution in [2.75, 3.05) is 14.2 Å². The molecule has 0 rings (SSSR count). The van der Waals surface area contributed by atoms with Crippen molar-refractivity contribution >= 4 is 0 Å². The number of methoxy groups -OCH3 is 2. The average Bonchev–Trinajstić information content (AvgIpc) is 1.99. The van der Waals surface area contributed by atoms with Crippen LogP contribution in [0.3, 0.4) is 0 Å². The second kappa shape index (κ2) is 7.03. The molecule has 0 fully saturated rings. The first-order chi connectivity index (χ1) is 4.85. The van der Waals surface area contributed by atoms with Gasteiger partial charge in [-0.1, -0.05) is 19.8 Å². The van der Waals surface area contributed by atoms with Crippen LogP contribution in [0.25, 0.3) is 0 Å². The maximum atomic E-state index is 4.97. The summed E-state index contributed by atoms with van der Waals surface area (Å²) in [4.78, 5) is 0. The summed E-state index contributed by atoms with van der Waals surface area (Å²) in [6.07, 6.45) is 5.43. The number of unbranched alkanes of at least 4 members (excludes halogenated alkanes) is 2. The van der Waals surface area contributed by atoms with E-state index in [9.17, 15) is 0 Å². The van der Waals surface area contributed by atoms with Crippen molar-refractivity contribution in [1.29, 1.82) is 0 Å². The lowest BCUT2D eigenvalue weighted by atomic mass is 10.2. The fourth-order valence-electron chi connectivity index (χ4n) is 0.747. The summed E-state index contributed by atoms with van der Waals surface area (Å²) >= 11 is 0. The van der Waals surface area contributed by atoms with E-state index in [1.807, 2.05) is 6.42 Å². The highest BCUT2D eigenvalue weighted by atomic mass is 16.7. The van der Waals surface area contributed by atoms with Gasteiger partial charge in [-0.3, -0.25) is 0 Å². The van der Waals surface area contributed by atoms with Crippen LogP contribution in [-0.2, 0) is 9.47 Å². The van der Waals surface area contributed by atoms with E-state index in [1.165, 1.54) is 12.8 Å². The SMILES string of the molecule is CCCC[CH]C(OC)OC. The molecular formula is C8H17O2. The van der Waals surface area contributed by atoms with Crippen LogP contribution < -0.4 is 0 Å². The van der Waals surface area contributed by atoms with E-state index in [0.717, 1.165) is 6.42 Å². The summed E-state index contributed by atoms with van der Waals surface area (Å²) in [5.74, 6) is 0. The topological polar surface area (TPSA) is 18.5 Å². The first-order valence-corrected chi connectivity index (χ1v) is 3.74. The van der Waals surface area contributed by atoms with Crippen LogP contribution in [0, 0.1) is 6.42 Å². The van der Waals surface area contributed by atoms with Gasteiger partial charge in [0.25, 0.3) is 0 Å². The highest BCUT2D eigenvalue weighted by Crippen LogP contribution is 2.04. The van der Waals surface area contributed by atoms with Gasteiger partial charge in [0.2, 0.25) is 0 Å². The van der Waals surface area contributed by atoms with E-state index in [0.29, 0.717) is 0 Å². The van der Waals surface area contributed by atoms with Crippen molar-refractivity contribution in [3.8, 4) is 0 Å². The summed E-state index contributed by atoms with van der Waals surface area (Å²) in [6, 6.07) is 0. The molecule has 0 aromatic rings. The molecule has 0 saturated carbocycles. The number of rotatable bonds is 6. The molecule has 0 aliphatic carbocycles. The molecule has 2 heteroatoms. The standard InChI is InChI=1S/C8H17O2/c1-4-5-6-7-8(9-2)10-3/h7-8H,4-6H2,1-3H3. The normalized spacial score (nSPS) is 10.8. The summed E-state index contributed by atoms with van der Waals surface area (Å²) in [7, 11) is 3.30. The number of ether oxygens (including phenoxy) is 2. The number of hydrogen-bond donors (Lipinski definition) is 0. The Morgan fingerprint density at radius 2 is 1.90 bits per heavy atom. The quantitative estimate of drug-likeness (QED) is 0.420. The van der Waals surface area contributed by atoms with Gasteiger partial charge in [0.15, 0.2) is 6.29 Å². The zero-order valence-corrected chi connectivity index (χ0v) is 7.09. The molecule has 0 saturated heterocycles. The van der Waals surface area contributed by atoms with Gasteiger partial charge in [-0.2, -0.15) is 0 Å². The van der Waals surface area contributed by atoms with Gasteiger partial charge < -0.3 is 9.47 Å². The molecule has 0 unspecified atom stereocenters. The summed E-state index contributed by atoms with van der Waals surface area (Å²) < 4.78 is 9.94. The van der Waals surface area contributed by atoms with Crippen molar-refractivity contribution < 1.29 is 9.47 Å². The van der Waals surface area contributed by atoms with Gasteiger partial charge in [0.05, 0.1) is 0 Å². The van der Waals surface area contributed by atoms with E-state index in [2.05, 4.69) is 6.92 Å². The molecule has 10 heavy (non-hydrogen) atoms. The van der Waals surface area contributed by atoms with Crippen LogP contribution in [0.5, 0.6) is 0 Å². The molecule has 0 aromatic carbocycles. The molecule has 0 heterocycles. The molecule has 0 N–H and O–H groups in total. The van der Waals surface area contributed by atoms with Crippen LogP contribution in [0.2, 0.25) is 0 Å². The molecule has 61 valence electrons. The second-order valence-corrected chi connectivity index (χ2v) is 2.22. The van der Waals surface area contributed by atoms with Crippen LogP contribution in [0.15, 0.2) is 0 Å². The summed E-state index contributed by atoms with van der Waals surface area (Å²) in [5.41, 5.74) is 0. The van der Waals surface area contributed by atoms with Crippen LogP contribution >= 0.6 is 0 Å². The highest BCUT2D eigenvalue weighted by Gasteiger charge is 2.02. The third kappa shape index (κ3) is 4.77. The largest absolute Gasteiger partial charge is 0.356 e. The molecule has 0 spiro atoms. The maximum absolute atomic E-state index is 4.97. The van der Waals surface area contributed by atoms with Crippen molar-refractivity contribution in [3.05, 3.63) is 6.42 Å². The predicted molar refractivity (Wildman–Crippen MR) is 41.6 cm³/mol. The van der Waals surface area contributed by atoms with E-state index in [4.69, 9.17) is 9.47 Å². The van der Waals surface area contributed by atoms with Gasteiger partial charge in [0, 0.05) is 20.6 Å². The molecule has 0 atom stereocenters. The van der Waals surface area contributed by atoms with Crippen LogP contribution in [-0.4, -0.2) is 20.5 Å². The monoisotopic (exact) mass is 145 g/mol. The smallest absolute Gasteiger partial charge is 0.160 e. The van der Waals surface area contributed by atoms with Gasteiger partial charge >= 0.3 is 0 Å². The molecule has 0 aliphatic rings. The molecule has 0 amide bonds. The fraction of sp³-hybridized carbons (Fsp3) is 0.875. The molecular weight excluding hydrogens is 128 g/mol. The molecule has 0 aromatic heterocycles. The molecule has 2 nitrogen and oxygen atoms in total. The molecule has 0 bridgehead atoms. The Balaban J connectivity index is 3.09. The Morgan fingerprint density at radius 1 is 1.30 bits per heavy atom. The summed E-state index contributed by atoms with van der Waals surface area (Å²) in [5, 5.41) is 0. The Kier molecular flexibility index (Phi) is 6.98. The van der Waals surface area contributed by atoms with Crippen molar-refractivity contribution in [2.24, 2.45) is 0 Å². The zero-order chi connectivity index (χ0) is 7.82. The third-order valence-corrected chi connectivity index (χ3v) is 1.38. The first kappa shape index (κ1) is 9.92. The van der Waals surface area contributed by atoms with E-state index >= 15 is 0 Å². The van der Waals surface area contributed by atoms with Crippen molar-refractivity contribution in [3.63, 3.8) is 0 Å². The van der Waals surface area contributed by atoms with E-state index in [1.54, 1.807) is 14.2 Å². The Bertz CT molecular complexity index is 60.3.